The molecule has 1 heterocycles. The normalized spacial score (nSPS) is 11.8. The van der Waals surface area contributed by atoms with Gasteiger partial charge in [0, 0.05) is 11.7 Å². The van der Waals surface area contributed by atoms with E-state index in [0.29, 0.717) is 6.04 Å². The van der Waals surface area contributed by atoms with Crippen LogP contribution < -0.4 is 14.8 Å². The van der Waals surface area contributed by atoms with Gasteiger partial charge >= 0.3 is 0 Å². The Labute approximate surface area is 126 Å². The van der Waals surface area contributed by atoms with E-state index in [1.165, 1.54) is 5.56 Å². The minimum absolute atomic E-state index is 0.299. The number of aryl methyl sites for hydroxylation is 1. The first kappa shape index (κ1) is 15.2. The van der Waals surface area contributed by atoms with Crippen molar-refractivity contribution in [2.45, 2.75) is 26.3 Å². The van der Waals surface area contributed by atoms with Crippen LogP contribution in [-0.2, 0) is 6.42 Å². The van der Waals surface area contributed by atoms with Crippen LogP contribution in [0.5, 0.6) is 11.5 Å². The fourth-order valence-corrected chi connectivity index (χ4v) is 2.25. The van der Waals surface area contributed by atoms with Crippen molar-refractivity contribution < 1.29 is 9.47 Å². The van der Waals surface area contributed by atoms with Crippen LogP contribution in [0.3, 0.4) is 0 Å². The highest BCUT2D eigenvalue weighted by Crippen LogP contribution is 2.28. The van der Waals surface area contributed by atoms with Gasteiger partial charge in [-0.1, -0.05) is 6.07 Å². The van der Waals surface area contributed by atoms with Gasteiger partial charge in [0.25, 0.3) is 0 Å². The van der Waals surface area contributed by atoms with E-state index in [9.17, 15) is 0 Å². The Morgan fingerprint density at radius 2 is 1.86 bits per heavy atom. The SMILES string of the molecule is COc1ccc(CC(C)Nc2ccc(C)nc2)cc1OC. The van der Waals surface area contributed by atoms with E-state index in [2.05, 4.69) is 23.3 Å². The quantitative estimate of drug-likeness (QED) is 0.883. The molecule has 0 aliphatic heterocycles. The lowest BCUT2D eigenvalue weighted by atomic mass is 10.1. The number of anilines is 1. The Morgan fingerprint density at radius 1 is 1.10 bits per heavy atom. The van der Waals surface area contributed by atoms with Crippen molar-refractivity contribution in [1.82, 2.24) is 4.98 Å². The Hall–Kier alpha value is -2.23. The zero-order chi connectivity index (χ0) is 15.2. The largest absolute Gasteiger partial charge is 0.493 e. The standard InChI is InChI=1S/C17H22N2O2/c1-12-5-7-15(11-18-12)19-13(2)9-14-6-8-16(20-3)17(10-14)21-4/h5-8,10-11,13,19H,9H2,1-4H3. The van der Waals surface area contributed by atoms with E-state index in [4.69, 9.17) is 9.47 Å². The molecule has 1 atom stereocenters. The molecule has 0 bridgehead atoms. The first-order chi connectivity index (χ1) is 10.1. The molecule has 0 aliphatic rings. The number of hydrogen-bond donors (Lipinski definition) is 1. The van der Waals surface area contributed by atoms with Gasteiger partial charge in [0.05, 0.1) is 26.1 Å². The van der Waals surface area contributed by atoms with E-state index in [1.807, 2.05) is 37.4 Å². The number of rotatable bonds is 6. The van der Waals surface area contributed by atoms with Gasteiger partial charge in [-0.15, -0.1) is 0 Å². The molecule has 1 aromatic heterocycles. The second-order valence-electron chi connectivity index (χ2n) is 5.13. The van der Waals surface area contributed by atoms with Gasteiger partial charge in [-0.25, -0.2) is 0 Å². The summed E-state index contributed by atoms with van der Waals surface area (Å²) in [6.07, 6.45) is 2.76. The van der Waals surface area contributed by atoms with Crippen molar-refractivity contribution in [2.24, 2.45) is 0 Å². The maximum atomic E-state index is 5.33. The zero-order valence-electron chi connectivity index (χ0n) is 13.0. The number of nitrogens with one attached hydrogen (secondary N) is 1. The first-order valence-corrected chi connectivity index (χ1v) is 7.02. The third-order valence-electron chi connectivity index (χ3n) is 3.31. The molecule has 0 amide bonds. The summed E-state index contributed by atoms with van der Waals surface area (Å²) in [5.74, 6) is 1.52. The average Bonchev–Trinajstić information content (AvgIpc) is 2.49. The molecule has 2 aromatic rings. The summed E-state index contributed by atoms with van der Waals surface area (Å²) >= 11 is 0. The molecule has 2 rings (SSSR count). The fraction of sp³-hybridized carbons (Fsp3) is 0.353. The minimum Gasteiger partial charge on any atom is -0.493 e. The number of ether oxygens (including phenoxy) is 2. The fourth-order valence-electron chi connectivity index (χ4n) is 2.25. The van der Waals surface area contributed by atoms with Gasteiger partial charge in [0.15, 0.2) is 11.5 Å². The summed E-state index contributed by atoms with van der Waals surface area (Å²) in [6, 6.07) is 10.4. The van der Waals surface area contributed by atoms with Crippen LogP contribution in [0.2, 0.25) is 0 Å². The third kappa shape index (κ3) is 4.12. The van der Waals surface area contributed by atoms with Crippen LogP contribution in [-0.4, -0.2) is 25.2 Å². The van der Waals surface area contributed by atoms with Gasteiger partial charge in [0.2, 0.25) is 0 Å². The summed E-state index contributed by atoms with van der Waals surface area (Å²) in [4.78, 5) is 4.29. The number of pyridine rings is 1. The monoisotopic (exact) mass is 286 g/mol. The summed E-state index contributed by atoms with van der Waals surface area (Å²) in [5.41, 5.74) is 3.26. The Bertz CT molecular complexity index is 582. The second-order valence-corrected chi connectivity index (χ2v) is 5.13. The van der Waals surface area contributed by atoms with Crippen molar-refractivity contribution in [2.75, 3.05) is 19.5 Å². The number of benzene rings is 1. The molecule has 0 saturated heterocycles. The first-order valence-electron chi connectivity index (χ1n) is 7.02. The molecule has 1 aromatic carbocycles. The van der Waals surface area contributed by atoms with Gasteiger partial charge in [-0.3, -0.25) is 4.98 Å². The van der Waals surface area contributed by atoms with Crippen molar-refractivity contribution in [3.05, 3.63) is 47.8 Å². The van der Waals surface area contributed by atoms with Crippen LogP contribution in [0, 0.1) is 6.92 Å². The van der Waals surface area contributed by atoms with E-state index >= 15 is 0 Å². The molecular weight excluding hydrogens is 264 g/mol. The zero-order valence-corrected chi connectivity index (χ0v) is 13.0. The highest BCUT2D eigenvalue weighted by molar-refractivity contribution is 5.45. The maximum Gasteiger partial charge on any atom is 0.160 e. The Morgan fingerprint density at radius 3 is 2.48 bits per heavy atom. The molecule has 0 aliphatic carbocycles. The summed E-state index contributed by atoms with van der Waals surface area (Å²) in [6.45, 7) is 4.13. The number of nitrogens with zero attached hydrogens (tertiary/aromatic N) is 1. The predicted molar refractivity (Wildman–Crippen MR) is 85.3 cm³/mol. The third-order valence-corrected chi connectivity index (χ3v) is 3.31. The molecule has 4 heteroatoms. The number of methoxy groups -OCH3 is 2. The van der Waals surface area contributed by atoms with Crippen molar-refractivity contribution >= 4 is 5.69 Å². The molecule has 21 heavy (non-hydrogen) atoms. The summed E-state index contributed by atoms with van der Waals surface area (Å²) in [5, 5.41) is 3.45. The molecule has 0 fully saturated rings. The van der Waals surface area contributed by atoms with E-state index < -0.39 is 0 Å². The lowest BCUT2D eigenvalue weighted by molar-refractivity contribution is 0.354. The van der Waals surface area contributed by atoms with Crippen LogP contribution in [0.1, 0.15) is 18.2 Å². The number of aromatic nitrogens is 1. The lowest BCUT2D eigenvalue weighted by Crippen LogP contribution is -2.18. The summed E-state index contributed by atoms with van der Waals surface area (Å²) in [7, 11) is 3.30. The number of hydrogen-bond acceptors (Lipinski definition) is 4. The Balaban J connectivity index is 2.02. The van der Waals surface area contributed by atoms with Crippen molar-refractivity contribution in [3.8, 4) is 11.5 Å². The van der Waals surface area contributed by atoms with Crippen LogP contribution in [0.15, 0.2) is 36.5 Å². The molecule has 1 N–H and O–H groups in total. The predicted octanol–water partition coefficient (Wildman–Crippen LogP) is 3.45. The van der Waals surface area contributed by atoms with E-state index in [1.54, 1.807) is 14.2 Å². The van der Waals surface area contributed by atoms with Crippen molar-refractivity contribution in [3.63, 3.8) is 0 Å². The lowest BCUT2D eigenvalue weighted by Gasteiger charge is -2.16. The second kappa shape index (κ2) is 6.97. The smallest absolute Gasteiger partial charge is 0.160 e. The van der Waals surface area contributed by atoms with Gasteiger partial charge < -0.3 is 14.8 Å². The molecule has 1 unspecified atom stereocenters. The minimum atomic E-state index is 0.299. The highest BCUT2D eigenvalue weighted by Gasteiger charge is 2.08. The Kier molecular flexibility index (Phi) is 5.04. The van der Waals surface area contributed by atoms with Crippen LogP contribution in [0.25, 0.3) is 0 Å². The van der Waals surface area contributed by atoms with Gasteiger partial charge in [-0.05, 0) is 50.1 Å². The van der Waals surface area contributed by atoms with E-state index in [0.717, 1.165) is 29.3 Å². The molecule has 0 saturated carbocycles. The van der Waals surface area contributed by atoms with Gasteiger partial charge in [0.1, 0.15) is 0 Å². The topological polar surface area (TPSA) is 43.4 Å². The summed E-state index contributed by atoms with van der Waals surface area (Å²) < 4.78 is 10.6. The van der Waals surface area contributed by atoms with Gasteiger partial charge in [-0.2, -0.15) is 0 Å². The molecule has 0 spiro atoms. The molecule has 4 nitrogen and oxygen atoms in total. The maximum absolute atomic E-state index is 5.33. The van der Waals surface area contributed by atoms with E-state index in [-0.39, 0.29) is 0 Å². The molecule has 0 radical (unpaired) electrons. The van der Waals surface area contributed by atoms with Crippen molar-refractivity contribution in [1.29, 1.82) is 0 Å². The molecular formula is C17H22N2O2. The highest BCUT2D eigenvalue weighted by atomic mass is 16.5. The molecule has 112 valence electrons. The average molecular weight is 286 g/mol. The van der Waals surface area contributed by atoms with Crippen LogP contribution in [0.4, 0.5) is 5.69 Å². The van der Waals surface area contributed by atoms with Crippen LogP contribution >= 0.6 is 0 Å².